The van der Waals surface area contributed by atoms with Crippen molar-refractivity contribution in [3.05, 3.63) is 0 Å². The van der Waals surface area contributed by atoms with Crippen molar-refractivity contribution in [2.75, 3.05) is 13.1 Å². The fourth-order valence-electron chi connectivity index (χ4n) is 1.92. The van der Waals surface area contributed by atoms with E-state index in [2.05, 4.69) is 5.32 Å². The largest absolute Gasteiger partial charge is 0.392 e. The first-order chi connectivity index (χ1) is 5.79. The fourth-order valence-corrected chi connectivity index (χ4v) is 1.92. The van der Waals surface area contributed by atoms with E-state index in [-0.39, 0.29) is 6.10 Å². The van der Waals surface area contributed by atoms with Crippen LogP contribution in [0.25, 0.3) is 0 Å². The highest BCUT2D eigenvalue weighted by Gasteiger charge is 2.13. The van der Waals surface area contributed by atoms with Crippen LogP contribution in [0.4, 0.5) is 0 Å². The SMILES string of the molecule is C[C@H](O)CNCCC1CCCC1. The second kappa shape index (κ2) is 5.55. The molecule has 0 saturated heterocycles. The number of hydrogen-bond donors (Lipinski definition) is 2. The molecule has 0 aliphatic heterocycles. The summed E-state index contributed by atoms with van der Waals surface area (Å²) in [5, 5.41) is 12.2. The molecule has 12 heavy (non-hydrogen) atoms. The third-order valence-electron chi connectivity index (χ3n) is 2.64. The van der Waals surface area contributed by atoms with Gasteiger partial charge in [0.15, 0.2) is 0 Å². The molecule has 0 heterocycles. The first-order valence-electron chi connectivity index (χ1n) is 5.18. The van der Waals surface area contributed by atoms with E-state index in [4.69, 9.17) is 5.11 Å². The second-order valence-electron chi connectivity index (χ2n) is 3.99. The van der Waals surface area contributed by atoms with E-state index in [0.717, 1.165) is 19.0 Å². The van der Waals surface area contributed by atoms with Crippen molar-refractivity contribution >= 4 is 0 Å². The van der Waals surface area contributed by atoms with Crippen LogP contribution in [0.5, 0.6) is 0 Å². The van der Waals surface area contributed by atoms with Crippen LogP contribution in [-0.2, 0) is 0 Å². The Morgan fingerprint density at radius 1 is 1.42 bits per heavy atom. The molecule has 72 valence electrons. The van der Waals surface area contributed by atoms with Gasteiger partial charge in [0.1, 0.15) is 0 Å². The van der Waals surface area contributed by atoms with E-state index >= 15 is 0 Å². The zero-order chi connectivity index (χ0) is 8.81. The monoisotopic (exact) mass is 171 g/mol. The molecule has 0 aromatic carbocycles. The molecule has 2 nitrogen and oxygen atoms in total. The quantitative estimate of drug-likeness (QED) is 0.615. The molecular weight excluding hydrogens is 150 g/mol. The summed E-state index contributed by atoms with van der Waals surface area (Å²) in [5.74, 6) is 0.964. The Balaban J connectivity index is 1.88. The molecule has 2 heteroatoms. The molecule has 1 fully saturated rings. The first-order valence-corrected chi connectivity index (χ1v) is 5.18. The van der Waals surface area contributed by atoms with Crippen molar-refractivity contribution < 1.29 is 5.11 Å². The third kappa shape index (κ3) is 4.07. The lowest BCUT2D eigenvalue weighted by atomic mass is 10.0. The number of hydrogen-bond acceptors (Lipinski definition) is 2. The van der Waals surface area contributed by atoms with Gasteiger partial charge in [-0.3, -0.25) is 0 Å². The molecular formula is C10H21NO. The van der Waals surface area contributed by atoms with Gasteiger partial charge >= 0.3 is 0 Å². The van der Waals surface area contributed by atoms with Gasteiger partial charge in [-0.1, -0.05) is 25.7 Å². The van der Waals surface area contributed by atoms with Gasteiger partial charge in [-0.2, -0.15) is 0 Å². The predicted molar refractivity (Wildman–Crippen MR) is 51.1 cm³/mol. The zero-order valence-electron chi connectivity index (χ0n) is 8.05. The minimum Gasteiger partial charge on any atom is -0.392 e. The molecule has 0 spiro atoms. The van der Waals surface area contributed by atoms with Gasteiger partial charge in [-0.25, -0.2) is 0 Å². The van der Waals surface area contributed by atoms with Crippen LogP contribution >= 0.6 is 0 Å². The van der Waals surface area contributed by atoms with E-state index in [1.54, 1.807) is 0 Å². The summed E-state index contributed by atoms with van der Waals surface area (Å²) in [7, 11) is 0. The average Bonchev–Trinajstić information content (AvgIpc) is 2.49. The van der Waals surface area contributed by atoms with Gasteiger partial charge in [0, 0.05) is 6.54 Å². The van der Waals surface area contributed by atoms with Crippen LogP contribution in [0.3, 0.4) is 0 Å². The van der Waals surface area contributed by atoms with E-state index in [1.807, 2.05) is 6.92 Å². The number of rotatable bonds is 5. The predicted octanol–water partition coefficient (Wildman–Crippen LogP) is 1.54. The minimum absolute atomic E-state index is 0.200. The van der Waals surface area contributed by atoms with Crippen LogP contribution < -0.4 is 5.32 Å². The molecule has 0 bridgehead atoms. The molecule has 2 N–H and O–H groups in total. The van der Waals surface area contributed by atoms with E-state index in [9.17, 15) is 0 Å². The van der Waals surface area contributed by atoms with Crippen LogP contribution in [0.1, 0.15) is 39.0 Å². The molecule has 0 aromatic heterocycles. The van der Waals surface area contributed by atoms with E-state index < -0.39 is 0 Å². The highest BCUT2D eigenvalue weighted by molar-refractivity contribution is 4.68. The minimum atomic E-state index is -0.200. The molecule has 1 saturated carbocycles. The Morgan fingerprint density at radius 2 is 2.08 bits per heavy atom. The fraction of sp³-hybridized carbons (Fsp3) is 1.00. The average molecular weight is 171 g/mol. The summed E-state index contributed by atoms with van der Waals surface area (Å²) in [6.07, 6.45) is 6.82. The van der Waals surface area contributed by atoms with E-state index in [0.29, 0.717) is 0 Å². The summed E-state index contributed by atoms with van der Waals surface area (Å²) in [6.45, 7) is 3.64. The van der Waals surface area contributed by atoms with Crippen molar-refractivity contribution in [1.29, 1.82) is 0 Å². The summed E-state index contributed by atoms with van der Waals surface area (Å²) in [5.41, 5.74) is 0. The molecule has 1 atom stereocenters. The molecule has 1 aliphatic carbocycles. The lowest BCUT2D eigenvalue weighted by Crippen LogP contribution is -2.26. The maximum atomic E-state index is 8.98. The number of aliphatic hydroxyl groups is 1. The molecule has 0 aromatic rings. The van der Waals surface area contributed by atoms with Gasteiger partial charge in [-0.05, 0) is 25.8 Å². The normalized spacial score (nSPS) is 21.5. The van der Waals surface area contributed by atoms with Gasteiger partial charge in [-0.15, -0.1) is 0 Å². The number of nitrogens with one attached hydrogen (secondary N) is 1. The maximum absolute atomic E-state index is 8.98. The molecule has 0 unspecified atom stereocenters. The Morgan fingerprint density at radius 3 is 2.67 bits per heavy atom. The molecule has 0 radical (unpaired) electrons. The highest BCUT2D eigenvalue weighted by Crippen LogP contribution is 2.26. The van der Waals surface area contributed by atoms with Gasteiger partial charge < -0.3 is 10.4 Å². The number of aliphatic hydroxyl groups excluding tert-OH is 1. The standard InChI is InChI=1S/C10H21NO/c1-9(12)8-11-7-6-10-4-2-3-5-10/h9-12H,2-8H2,1H3/t9-/m0/s1. The van der Waals surface area contributed by atoms with Crippen molar-refractivity contribution in [2.24, 2.45) is 5.92 Å². The lowest BCUT2D eigenvalue weighted by molar-refractivity contribution is 0.190. The van der Waals surface area contributed by atoms with Crippen molar-refractivity contribution in [1.82, 2.24) is 5.32 Å². The van der Waals surface area contributed by atoms with E-state index in [1.165, 1.54) is 32.1 Å². The summed E-state index contributed by atoms with van der Waals surface area (Å²) < 4.78 is 0. The van der Waals surface area contributed by atoms with Crippen LogP contribution in [0, 0.1) is 5.92 Å². The Labute approximate surface area is 75.4 Å². The van der Waals surface area contributed by atoms with Crippen LogP contribution in [-0.4, -0.2) is 24.3 Å². The van der Waals surface area contributed by atoms with Crippen LogP contribution in [0.15, 0.2) is 0 Å². The Bertz CT molecular complexity index is 108. The summed E-state index contributed by atoms with van der Waals surface area (Å²) in [4.78, 5) is 0. The highest BCUT2D eigenvalue weighted by atomic mass is 16.3. The topological polar surface area (TPSA) is 32.3 Å². The van der Waals surface area contributed by atoms with Crippen molar-refractivity contribution in [2.45, 2.75) is 45.1 Å². The van der Waals surface area contributed by atoms with Crippen molar-refractivity contribution in [3.63, 3.8) is 0 Å². The zero-order valence-corrected chi connectivity index (χ0v) is 8.05. The smallest absolute Gasteiger partial charge is 0.0636 e. The Hall–Kier alpha value is -0.0800. The third-order valence-corrected chi connectivity index (χ3v) is 2.64. The first kappa shape index (κ1) is 10.0. The van der Waals surface area contributed by atoms with Crippen molar-refractivity contribution in [3.8, 4) is 0 Å². The Kier molecular flexibility index (Phi) is 4.62. The lowest BCUT2D eigenvalue weighted by Gasteiger charge is -2.10. The molecule has 1 rings (SSSR count). The molecule has 0 amide bonds. The van der Waals surface area contributed by atoms with Gasteiger partial charge in [0.2, 0.25) is 0 Å². The van der Waals surface area contributed by atoms with Gasteiger partial charge in [0.25, 0.3) is 0 Å². The van der Waals surface area contributed by atoms with Crippen LogP contribution in [0.2, 0.25) is 0 Å². The summed E-state index contributed by atoms with van der Waals surface area (Å²) >= 11 is 0. The second-order valence-corrected chi connectivity index (χ2v) is 3.99. The van der Waals surface area contributed by atoms with Gasteiger partial charge in [0.05, 0.1) is 6.10 Å². The summed E-state index contributed by atoms with van der Waals surface area (Å²) in [6, 6.07) is 0. The molecule has 1 aliphatic rings. The maximum Gasteiger partial charge on any atom is 0.0636 e.